The van der Waals surface area contributed by atoms with Crippen molar-refractivity contribution in [2.75, 3.05) is 6.54 Å². The number of pyridine rings is 1. The Labute approximate surface area is 105 Å². The lowest BCUT2D eigenvalue weighted by molar-refractivity contribution is 0.467. The summed E-state index contributed by atoms with van der Waals surface area (Å²) < 4.78 is 18.9. The number of ether oxygens (including phenoxy) is 1. The highest BCUT2D eigenvalue weighted by atomic mass is 19.1. The molecule has 4 heteroatoms. The first kappa shape index (κ1) is 12.5. The van der Waals surface area contributed by atoms with E-state index < -0.39 is 0 Å². The van der Waals surface area contributed by atoms with Gasteiger partial charge in [-0.25, -0.2) is 4.39 Å². The molecule has 0 amide bonds. The average molecular weight is 246 g/mol. The monoisotopic (exact) mass is 246 g/mol. The number of rotatable bonds is 4. The van der Waals surface area contributed by atoms with E-state index in [1.165, 1.54) is 12.1 Å². The fourth-order valence-electron chi connectivity index (χ4n) is 1.69. The molecule has 0 aliphatic heterocycles. The highest BCUT2D eigenvalue weighted by molar-refractivity contribution is 5.39. The number of nitrogens with two attached hydrogens (primary N) is 1. The third-order valence-corrected chi connectivity index (χ3v) is 2.61. The van der Waals surface area contributed by atoms with Gasteiger partial charge in [-0.05, 0) is 55.8 Å². The van der Waals surface area contributed by atoms with Gasteiger partial charge in [0.05, 0.1) is 5.69 Å². The van der Waals surface area contributed by atoms with Crippen LogP contribution in [0.3, 0.4) is 0 Å². The van der Waals surface area contributed by atoms with Crippen molar-refractivity contribution in [1.82, 2.24) is 4.98 Å². The molecule has 18 heavy (non-hydrogen) atoms. The summed E-state index contributed by atoms with van der Waals surface area (Å²) >= 11 is 0. The number of aromatic nitrogens is 1. The Morgan fingerprint density at radius 3 is 2.83 bits per heavy atom. The largest absolute Gasteiger partial charge is 0.455 e. The first-order valence-electron chi connectivity index (χ1n) is 5.78. The number of benzene rings is 1. The van der Waals surface area contributed by atoms with Gasteiger partial charge in [0.1, 0.15) is 17.3 Å². The zero-order valence-corrected chi connectivity index (χ0v) is 10.2. The van der Waals surface area contributed by atoms with Crippen LogP contribution in [0.5, 0.6) is 11.5 Å². The van der Waals surface area contributed by atoms with Crippen molar-refractivity contribution in [2.45, 2.75) is 13.3 Å². The second kappa shape index (κ2) is 5.60. The maximum atomic E-state index is 13.2. The molecular formula is C14H15FN2O. The number of hydrogen-bond donors (Lipinski definition) is 1. The molecule has 2 rings (SSSR count). The van der Waals surface area contributed by atoms with Crippen LogP contribution in [0.25, 0.3) is 0 Å². The Bertz CT molecular complexity index is 543. The molecule has 0 aliphatic rings. The quantitative estimate of drug-likeness (QED) is 0.902. The van der Waals surface area contributed by atoms with E-state index in [-0.39, 0.29) is 5.82 Å². The topological polar surface area (TPSA) is 48.1 Å². The summed E-state index contributed by atoms with van der Waals surface area (Å²) in [4.78, 5) is 4.14. The molecule has 3 nitrogen and oxygen atoms in total. The molecule has 2 aromatic rings. The van der Waals surface area contributed by atoms with Gasteiger partial charge in [-0.1, -0.05) is 0 Å². The number of halogens is 1. The van der Waals surface area contributed by atoms with Crippen molar-refractivity contribution < 1.29 is 9.13 Å². The van der Waals surface area contributed by atoms with E-state index in [1.54, 1.807) is 18.3 Å². The predicted molar refractivity (Wildman–Crippen MR) is 68.2 cm³/mol. The maximum Gasteiger partial charge on any atom is 0.148 e. The third-order valence-electron chi connectivity index (χ3n) is 2.61. The number of nitrogens with zero attached hydrogens (tertiary/aromatic N) is 1. The first-order chi connectivity index (χ1) is 8.70. The SMILES string of the molecule is Cc1ncccc1Oc1ccc(F)cc1CCN. The van der Waals surface area contributed by atoms with Crippen LogP contribution < -0.4 is 10.5 Å². The molecule has 0 atom stereocenters. The molecule has 0 saturated carbocycles. The Morgan fingerprint density at radius 1 is 1.28 bits per heavy atom. The van der Waals surface area contributed by atoms with Crippen LogP contribution in [-0.4, -0.2) is 11.5 Å². The van der Waals surface area contributed by atoms with Crippen LogP contribution in [0.15, 0.2) is 36.5 Å². The fourth-order valence-corrected chi connectivity index (χ4v) is 1.69. The standard InChI is InChI=1S/C14H15FN2O/c1-10-13(3-2-8-17-10)18-14-5-4-12(15)9-11(14)6-7-16/h2-5,8-9H,6-7,16H2,1H3. The highest BCUT2D eigenvalue weighted by Gasteiger charge is 2.08. The van der Waals surface area contributed by atoms with Crippen LogP contribution >= 0.6 is 0 Å². The highest BCUT2D eigenvalue weighted by Crippen LogP contribution is 2.27. The van der Waals surface area contributed by atoms with Crippen LogP contribution in [0, 0.1) is 12.7 Å². The smallest absolute Gasteiger partial charge is 0.148 e. The summed E-state index contributed by atoms with van der Waals surface area (Å²) in [5.74, 6) is 1.01. The van der Waals surface area contributed by atoms with E-state index in [9.17, 15) is 4.39 Å². The minimum Gasteiger partial charge on any atom is -0.455 e. The summed E-state index contributed by atoms with van der Waals surface area (Å²) in [5, 5.41) is 0. The molecule has 1 aromatic heterocycles. The minimum atomic E-state index is -0.284. The fraction of sp³-hybridized carbons (Fsp3) is 0.214. The van der Waals surface area contributed by atoms with Gasteiger partial charge in [0.15, 0.2) is 0 Å². The lowest BCUT2D eigenvalue weighted by Crippen LogP contribution is -2.04. The Kier molecular flexibility index (Phi) is 3.89. The van der Waals surface area contributed by atoms with Gasteiger partial charge in [-0.3, -0.25) is 4.98 Å². The predicted octanol–water partition coefficient (Wildman–Crippen LogP) is 2.82. The Morgan fingerprint density at radius 2 is 2.11 bits per heavy atom. The van der Waals surface area contributed by atoms with Gasteiger partial charge in [-0.2, -0.15) is 0 Å². The molecule has 0 spiro atoms. The first-order valence-corrected chi connectivity index (χ1v) is 5.78. The van der Waals surface area contributed by atoms with Crippen LogP contribution in [0.4, 0.5) is 4.39 Å². The molecule has 0 radical (unpaired) electrons. The summed E-state index contributed by atoms with van der Waals surface area (Å²) in [7, 11) is 0. The molecule has 0 fully saturated rings. The normalized spacial score (nSPS) is 10.4. The molecule has 1 aromatic carbocycles. The molecule has 2 N–H and O–H groups in total. The number of aryl methyl sites for hydroxylation is 1. The summed E-state index contributed by atoms with van der Waals surface area (Å²) in [6.07, 6.45) is 2.28. The van der Waals surface area contributed by atoms with Crippen molar-refractivity contribution in [1.29, 1.82) is 0 Å². The summed E-state index contributed by atoms with van der Waals surface area (Å²) in [6.45, 7) is 2.31. The third kappa shape index (κ3) is 2.84. The summed E-state index contributed by atoms with van der Waals surface area (Å²) in [5.41, 5.74) is 7.07. The molecular weight excluding hydrogens is 231 g/mol. The van der Waals surface area contributed by atoms with E-state index in [4.69, 9.17) is 10.5 Å². The van der Waals surface area contributed by atoms with E-state index in [1.807, 2.05) is 13.0 Å². The van der Waals surface area contributed by atoms with Gasteiger partial charge in [-0.15, -0.1) is 0 Å². The molecule has 0 bridgehead atoms. The Balaban J connectivity index is 2.31. The van der Waals surface area contributed by atoms with Crippen molar-refractivity contribution in [2.24, 2.45) is 5.73 Å². The lowest BCUT2D eigenvalue weighted by atomic mass is 10.1. The molecule has 0 unspecified atom stereocenters. The van der Waals surface area contributed by atoms with Crippen molar-refractivity contribution in [3.8, 4) is 11.5 Å². The maximum absolute atomic E-state index is 13.2. The van der Waals surface area contributed by atoms with Crippen molar-refractivity contribution in [3.63, 3.8) is 0 Å². The zero-order chi connectivity index (χ0) is 13.0. The van der Waals surface area contributed by atoms with E-state index in [0.29, 0.717) is 24.5 Å². The van der Waals surface area contributed by atoms with Crippen LogP contribution in [0.2, 0.25) is 0 Å². The van der Waals surface area contributed by atoms with Gasteiger partial charge < -0.3 is 10.5 Å². The van der Waals surface area contributed by atoms with E-state index >= 15 is 0 Å². The van der Waals surface area contributed by atoms with Gasteiger partial charge >= 0.3 is 0 Å². The Hall–Kier alpha value is -1.94. The van der Waals surface area contributed by atoms with Crippen LogP contribution in [0.1, 0.15) is 11.3 Å². The van der Waals surface area contributed by atoms with Gasteiger partial charge in [0.25, 0.3) is 0 Å². The zero-order valence-electron chi connectivity index (χ0n) is 10.2. The average Bonchev–Trinajstić information content (AvgIpc) is 2.35. The van der Waals surface area contributed by atoms with Crippen LogP contribution in [-0.2, 0) is 6.42 Å². The molecule has 0 saturated heterocycles. The van der Waals surface area contributed by atoms with Crippen molar-refractivity contribution in [3.05, 3.63) is 53.6 Å². The molecule has 1 heterocycles. The van der Waals surface area contributed by atoms with E-state index in [2.05, 4.69) is 4.98 Å². The second-order valence-corrected chi connectivity index (χ2v) is 3.98. The number of hydrogen-bond acceptors (Lipinski definition) is 3. The summed E-state index contributed by atoms with van der Waals surface area (Å²) in [6, 6.07) is 8.08. The molecule has 94 valence electrons. The second-order valence-electron chi connectivity index (χ2n) is 3.98. The van der Waals surface area contributed by atoms with E-state index in [0.717, 1.165) is 11.3 Å². The van der Waals surface area contributed by atoms with Crippen molar-refractivity contribution >= 4 is 0 Å². The lowest BCUT2D eigenvalue weighted by Gasteiger charge is -2.12. The molecule has 0 aliphatic carbocycles. The van der Waals surface area contributed by atoms with Gasteiger partial charge in [0.2, 0.25) is 0 Å². The van der Waals surface area contributed by atoms with Gasteiger partial charge in [0, 0.05) is 6.20 Å². The minimum absolute atomic E-state index is 0.284.